The molecule has 1 atom stereocenters. The molecule has 0 radical (unpaired) electrons. The van der Waals surface area contributed by atoms with Crippen LogP contribution in [0.2, 0.25) is 0 Å². The first-order chi connectivity index (χ1) is 9.72. The number of nitrogens with one attached hydrogen (secondary N) is 1. The van der Waals surface area contributed by atoms with Crippen LogP contribution in [0.5, 0.6) is 0 Å². The van der Waals surface area contributed by atoms with Crippen molar-refractivity contribution >= 4 is 30.7 Å². The van der Waals surface area contributed by atoms with Crippen LogP contribution in [0.4, 0.5) is 0 Å². The van der Waals surface area contributed by atoms with E-state index in [4.69, 9.17) is 0 Å². The molecule has 0 aliphatic carbocycles. The van der Waals surface area contributed by atoms with Gasteiger partial charge in [0, 0.05) is 32.7 Å². The summed E-state index contributed by atoms with van der Waals surface area (Å²) in [7, 11) is 0. The Morgan fingerprint density at radius 2 is 1.77 bits per heavy atom. The SMILES string of the molecule is CC1CCN(CC2CCCN(C(=O)C3CNC3)C2)CC1.Cl.Cl. The topological polar surface area (TPSA) is 35.6 Å². The zero-order valence-electron chi connectivity index (χ0n) is 13.6. The molecule has 3 rings (SSSR count). The number of likely N-dealkylation sites (tertiary alicyclic amines) is 2. The van der Waals surface area contributed by atoms with Crippen molar-refractivity contribution in [1.29, 1.82) is 0 Å². The molecule has 3 heterocycles. The van der Waals surface area contributed by atoms with E-state index in [1.54, 1.807) is 0 Å². The summed E-state index contributed by atoms with van der Waals surface area (Å²) in [5.74, 6) is 2.28. The van der Waals surface area contributed by atoms with Gasteiger partial charge in [-0.25, -0.2) is 0 Å². The minimum atomic E-state index is 0. The van der Waals surface area contributed by atoms with Crippen LogP contribution < -0.4 is 5.32 Å². The lowest BCUT2D eigenvalue weighted by atomic mass is 9.93. The monoisotopic (exact) mass is 351 g/mol. The molecule has 3 aliphatic rings. The average Bonchev–Trinajstić information content (AvgIpc) is 2.40. The van der Waals surface area contributed by atoms with Gasteiger partial charge in [0.2, 0.25) is 5.91 Å². The van der Waals surface area contributed by atoms with Gasteiger partial charge in [0.05, 0.1) is 5.92 Å². The van der Waals surface area contributed by atoms with Crippen LogP contribution in [-0.4, -0.2) is 61.5 Å². The standard InChI is InChI=1S/C16H29N3O.2ClH/c1-13-4-7-18(8-5-13)11-14-3-2-6-19(12-14)16(20)15-9-17-10-15;;/h13-15,17H,2-12H2,1H3;2*1H. The molecule has 0 aromatic rings. The largest absolute Gasteiger partial charge is 0.342 e. The van der Waals surface area contributed by atoms with E-state index in [2.05, 4.69) is 22.0 Å². The van der Waals surface area contributed by atoms with Crippen LogP contribution in [0.1, 0.15) is 32.6 Å². The third-order valence-corrected chi connectivity index (χ3v) is 5.35. The Bertz CT molecular complexity index is 344. The van der Waals surface area contributed by atoms with E-state index in [-0.39, 0.29) is 30.7 Å². The van der Waals surface area contributed by atoms with Gasteiger partial charge in [-0.1, -0.05) is 6.92 Å². The minimum Gasteiger partial charge on any atom is -0.342 e. The third-order valence-electron chi connectivity index (χ3n) is 5.35. The molecule has 3 aliphatic heterocycles. The maximum absolute atomic E-state index is 12.3. The van der Waals surface area contributed by atoms with E-state index in [1.807, 2.05) is 0 Å². The van der Waals surface area contributed by atoms with Gasteiger partial charge in [-0.05, 0) is 50.6 Å². The fraction of sp³-hybridized carbons (Fsp3) is 0.938. The molecule has 0 aromatic heterocycles. The Morgan fingerprint density at radius 1 is 1.09 bits per heavy atom. The zero-order chi connectivity index (χ0) is 13.9. The normalized spacial score (nSPS) is 27.5. The summed E-state index contributed by atoms with van der Waals surface area (Å²) in [5.41, 5.74) is 0. The molecule has 0 saturated carbocycles. The molecule has 130 valence electrons. The van der Waals surface area contributed by atoms with Crippen LogP contribution in [-0.2, 0) is 4.79 Å². The van der Waals surface area contributed by atoms with E-state index in [0.29, 0.717) is 11.8 Å². The van der Waals surface area contributed by atoms with Crippen molar-refractivity contribution in [2.45, 2.75) is 32.6 Å². The molecule has 1 unspecified atom stereocenters. The van der Waals surface area contributed by atoms with Gasteiger partial charge in [-0.3, -0.25) is 4.79 Å². The Morgan fingerprint density at radius 3 is 2.36 bits per heavy atom. The molecule has 22 heavy (non-hydrogen) atoms. The first kappa shape index (κ1) is 20.0. The second-order valence-electron chi connectivity index (χ2n) is 7.13. The highest BCUT2D eigenvalue weighted by Crippen LogP contribution is 2.23. The number of carbonyl (C=O) groups excluding carboxylic acids is 1. The van der Waals surface area contributed by atoms with Crippen LogP contribution in [0.3, 0.4) is 0 Å². The molecular weight excluding hydrogens is 321 g/mol. The van der Waals surface area contributed by atoms with Gasteiger partial charge in [-0.2, -0.15) is 0 Å². The van der Waals surface area contributed by atoms with Crippen molar-refractivity contribution in [3.63, 3.8) is 0 Å². The molecule has 0 bridgehead atoms. The number of nitrogens with zero attached hydrogens (tertiary/aromatic N) is 2. The van der Waals surface area contributed by atoms with Gasteiger partial charge < -0.3 is 15.1 Å². The van der Waals surface area contributed by atoms with E-state index < -0.39 is 0 Å². The summed E-state index contributed by atoms with van der Waals surface area (Å²) in [5, 5.41) is 3.21. The van der Waals surface area contributed by atoms with Crippen LogP contribution >= 0.6 is 24.8 Å². The summed E-state index contributed by atoms with van der Waals surface area (Å²) in [6.07, 6.45) is 5.20. The van der Waals surface area contributed by atoms with E-state index in [1.165, 1.54) is 45.3 Å². The van der Waals surface area contributed by atoms with Crippen LogP contribution in [0, 0.1) is 17.8 Å². The highest BCUT2D eigenvalue weighted by atomic mass is 35.5. The highest BCUT2D eigenvalue weighted by Gasteiger charge is 2.32. The lowest BCUT2D eigenvalue weighted by Gasteiger charge is -2.40. The van der Waals surface area contributed by atoms with Crippen LogP contribution in [0.25, 0.3) is 0 Å². The summed E-state index contributed by atoms with van der Waals surface area (Å²) in [6, 6.07) is 0. The van der Waals surface area contributed by atoms with Gasteiger partial charge >= 0.3 is 0 Å². The first-order valence-corrected chi connectivity index (χ1v) is 8.44. The van der Waals surface area contributed by atoms with Gasteiger partial charge in [0.25, 0.3) is 0 Å². The number of piperidine rings is 2. The van der Waals surface area contributed by atoms with E-state index in [9.17, 15) is 4.79 Å². The minimum absolute atomic E-state index is 0. The molecule has 4 nitrogen and oxygen atoms in total. The number of hydrogen-bond acceptors (Lipinski definition) is 3. The van der Waals surface area contributed by atoms with Gasteiger partial charge in [-0.15, -0.1) is 24.8 Å². The summed E-state index contributed by atoms with van der Waals surface area (Å²) < 4.78 is 0. The molecule has 0 spiro atoms. The average molecular weight is 352 g/mol. The number of hydrogen-bond donors (Lipinski definition) is 1. The number of rotatable bonds is 3. The smallest absolute Gasteiger partial charge is 0.228 e. The fourth-order valence-electron chi connectivity index (χ4n) is 3.75. The molecule has 0 aromatic carbocycles. The molecule has 3 saturated heterocycles. The van der Waals surface area contributed by atoms with Crippen molar-refractivity contribution in [2.75, 3.05) is 45.8 Å². The predicted molar refractivity (Wildman–Crippen MR) is 95.0 cm³/mol. The lowest BCUT2D eigenvalue weighted by molar-refractivity contribution is -0.139. The quantitative estimate of drug-likeness (QED) is 0.844. The molecular formula is C16H31Cl2N3O. The summed E-state index contributed by atoms with van der Waals surface area (Å²) in [4.78, 5) is 17.1. The van der Waals surface area contributed by atoms with E-state index in [0.717, 1.165) is 32.1 Å². The van der Waals surface area contributed by atoms with Crippen molar-refractivity contribution in [1.82, 2.24) is 15.1 Å². The van der Waals surface area contributed by atoms with E-state index >= 15 is 0 Å². The number of amides is 1. The summed E-state index contributed by atoms with van der Waals surface area (Å²) in [6.45, 7) is 9.87. The Balaban J connectivity index is 0.00000121. The number of halogens is 2. The molecule has 1 N–H and O–H groups in total. The molecule has 3 fully saturated rings. The zero-order valence-corrected chi connectivity index (χ0v) is 15.3. The van der Waals surface area contributed by atoms with Crippen molar-refractivity contribution < 1.29 is 4.79 Å². The van der Waals surface area contributed by atoms with Gasteiger partial charge in [0.15, 0.2) is 0 Å². The maximum Gasteiger partial charge on any atom is 0.228 e. The fourth-order valence-corrected chi connectivity index (χ4v) is 3.75. The number of carbonyl (C=O) groups is 1. The highest BCUT2D eigenvalue weighted by molar-refractivity contribution is 5.85. The second-order valence-corrected chi connectivity index (χ2v) is 7.13. The lowest BCUT2D eigenvalue weighted by Crippen LogP contribution is -2.54. The first-order valence-electron chi connectivity index (χ1n) is 8.44. The summed E-state index contributed by atoms with van der Waals surface area (Å²) >= 11 is 0. The second kappa shape index (κ2) is 9.31. The van der Waals surface area contributed by atoms with Gasteiger partial charge in [0.1, 0.15) is 0 Å². The Labute approximate surface area is 147 Å². The predicted octanol–water partition coefficient (Wildman–Crippen LogP) is 2.02. The Hall–Kier alpha value is -0.0300. The maximum atomic E-state index is 12.3. The van der Waals surface area contributed by atoms with Crippen molar-refractivity contribution in [3.05, 3.63) is 0 Å². The molecule has 6 heteroatoms. The molecule has 1 amide bonds. The van der Waals surface area contributed by atoms with Crippen molar-refractivity contribution in [3.8, 4) is 0 Å². The third kappa shape index (κ3) is 4.98. The Kier molecular flexibility index (Phi) is 8.47. The van der Waals surface area contributed by atoms with Crippen molar-refractivity contribution in [2.24, 2.45) is 17.8 Å². The van der Waals surface area contributed by atoms with Crippen LogP contribution in [0.15, 0.2) is 0 Å².